The molecule has 0 radical (unpaired) electrons. The maximum absolute atomic E-state index is 13.5. The first-order valence-corrected chi connectivity index (χ1v) is 20.5. The number of carbonyl (C=O) groups is 4. The first kappa shape index (κ1) is 46.9. The Kier molecular flexibility index (Phi) is 21.5. The summed E-state index contributed by atoms with van der Waals surface area (Å²) in [6.45, 7) is 14.8. The molecule has 2 fully saturated rings. The Morgan fingerprint density at radius 2 is 1.51 bits per heavy atom. The van der Waals surface area contributed by atoms with Gasteiger partial charge in [0.2, 0.25) is 23.6 Å². The van der Waals surface area contributed by atoms with E-state index in [9.17, 15) is 24.3 Å². The Bertz CT molecular complexity index is 1120. The molecule has 0 aromatic heterocycles. The van der Waals surface area contributed by atoms with Gasteiger partial charge in [-0.3, -0.25) is 19.2 Å². The summed E-state index contributed by atoms with van der Waals surface area (Å²) < 4.78 is 12.4. The Balaban J connectivity index is 1.85. The SMILES string of the molecule is CCCCCCCCCCNCC(N)C(=O)NC(C(=O)NC(C)C(=O)NC(CCCCN)C(=O)NC(C)B1OC(C)C(CC2CCC2(C)C)O1)C(C)O. The number of carbonyl (C=O) groups excluding carboxylic acids is 4. The molecule has 2 aliphatic rings. The van der Waals surface area contributed by atoms with Crippen molar-refractivity contribution < 1.29 is 33.6 Å². The van der Waals surface area contributed by atoms with Crippen LogP contribution >= 0.6 is 0 Å². The second-order valence-corrected chi connectivity index (χ2v) is 16.2. The molecule has 15 heteroatoms. The predicted molar refractivity (Wildman–Crippen MR) is 209 cm³/mol. The molecule has 9 atom stereocenters. The summed E-state index contributed by atoms with van der Waals surface area (Å²) >= 11 is 0. The van der Waals surface area contributed by atoms with E-state index in [1.54, 1.807) is 0 Å². The molecule has 1 aliphatic heterocycles. The fourth-order valence-corrected chi connectivity index (χ4v) is 6.96. The molecular weight excluding hydrogens is 677 g/mol. The monoisotopic (exact) mass is 752 g/mol. The number of hydrogen-bond donors (Lipinski definition) is 8. The Morgan fingerprint density at radius 3 is 2.09 bits per heavy atom. The third-order valence-electron chi connectivity index (χ3n) is 11.0. The number of nitrogens with one attached hydrogen (secondary N) is 5. The van der Waals surface area contributed by atoms with Crippen molar-refractivity contribution in [3.8, 4) is 0 Å². The minimum atomic E-state index is -1.34. The molecule has 4 amide bonds. The maximum Gasteiger partial charge on any atom is 0.481 e. The Morgan fingerprint density at radius 1 is 0.849 bits per heavy atom. The van der Waals surface area contributed by atoms with E-state index >= 15 is 0 Å². The van der Waals surface area contributed by atoms with Crippen LogP contribution in [0.25, 0.3) is 0 Å². The van der Waals surface area contributed by atoms with Crippen molar-refractivity contribution >= 4 is 30.7 Å². The first-order valence-electron chi connectivity index (χ1n) is 20.5. The van der Waals surface area contributed by atoms with Gasteiger partial charge in [-0.25, -0.2) is 0 Å². The van der Waals surface area contributed by atoms with Crippen LogP contribution in [-0.2, 0) is 28.5 Å². The van der Waals surface area contributed by atoms with Gasteiger partial charge in [-0.05, 0) is 97.1 Å². The van der Waals surface area contributed by atoms with Gasteiger partial charge < -0.3 is 52.5 Å². The smallest absolute Gasteiger partial charge is 0.405 e. The summed E-state index contributed by atoms with van der Waals surface area (Å²) in [4.78, 5) is 52.7. The highest BCUT2D eigenvalue weighted by Gasteiger charge is 2.46. The van der Waals surface area contributed by atoms with E-state index < -0.39 is 67.0 Å². The quantitative estimate of drug-likeness (QED) is 0.0452. The molecule has 2 rings (SSSR count). The zero-order valence-electron chi connectivity index (χ0n) is 33.8. The highest BCUT2D eigenvalue weighted by molar-refractivity contribution is 6.47. The van der Waals surface area contributed by atoms with Crippen LogP contribution in [0.3, 0.4) is 0 Å². The van der Waals surface area contributed by atoms with Gasteiger partial charge in [0, 0.05) is 6.54 Å². The molecule has 10 N–H and O–H groups in total. The fraction of sp³-hybridized carbons (Fsp3) is 0.895. The van der Waals surface area contributed by atoms with Gasteiger partial charge >= 0.3 is 7.12 Å². The second-order valence-electron chi connectivity index (χ2n) is 16.2. The maximum atomic E-state index is 13.5. The van der Waals surface area contributed by atoms with Crippen LogP contribution in [0.1, 0.15) is 138 Å². The van der Waals surface area contributed by atoms with E-state index in [0.717, 1.165) is 25.8 Å². The van der Waals surface area contributed by atoms with E-state index in [4.69, 9.17) is 20.8 Å². The number of aliphatic hydroxyl groups excluding tert-OH is 1. The number of nitrogens with two attached hydrogens (primary N) is 2. The lowest BCUT2D eigenvalue weighted by molar-refractivity contribution is -0.135. The first-order chi connectivity index (χ1) is 25.1. The van der Waals surface area contributed by atoms with Crippen molar-refractivity contribution in [3.05, 3.63) is 0 Å². The predicted octanol–water partition coefficient (Wildman–Crippen LogP) is 2.19. The van der Waals surface area contributed by atoms with Crippen LogP contribution in [0, 0.1) is 11.3 Å². The fourth-order valence-electron chi connectivity index (χ4n) is 6.96. The third kappa shape index (κ3) is 16.5. The molecule has 0 spiro atoms. The van der Waals surface area contributed by atoms with Crippen molar-refractivity contribution in [2.24, 2.45) is 22.8 Å². The van der Waals surface area contributed by atoms with Crippen LogP contribution in [0.15, 0.2) is 0 Å². The summed E-state index contributed by atoms with van der Waals surface area (Å²) in [6, 6.07) is -4.25. The van der Waals surface area contributed by atoms with Crippen LogP contribution < -0.4 is 38.1 Å². The van der Waals surface area contributed by atoms with Gasteiger partial charge in [0.25, 0.3) is 0 Å². The molecule has 1 aliphatic carbocycles. The summed E-state index contributed by atoms with van der Waals surface area (Å²) in [6.07, 6.45) is 13.1. The third-order valence-corrected chi connectivity index (χ3v) is 11.0. The lowest BCUT2D eigenvalue weighted by atomic mass is 9.60. The van der Waals surface area contributed by atoms with Crippen LogP contribution in [0.4, 0.5) is 0 Å². The van der Waals surface area contributed by atoms with Gasteiger partial charge in [-0.15, -0.1) is 0 Å². The van der Waals surface area contributed by atoms with Gasteiger partial charge in [0.1, 0.15) is 18.1 Å². The van der Waals surface area contributed by atoms with Gasteiger partial charge in [-0.1, -0.05) is 65.7 Å². The minimum absolute atomic E-state index is 0.0550. The molecule has 14 nitrogen and oxygen atoms in total. The highest BCUT2D eigenvalue weighted by Crippen LogP contribution is 2.49. The molecule has 1 saturated heterocycles. The van der Waals surface area contributed by atoms with Gasteiger partial charge in [0.15, 0.2) is 0 Å². The van der Waals surface area contributed by atoms with Crippen molar-refractivity contribution in [1.82, 2.24) is 26.6 Å². The molecular formula is C38H74BN7O7. The van der Waals surface area contributed by atoms with Crippen LogP contribution in [-0.4, -0.2) is 104 Å². The van der Waals surface area contributed by atoms with E-state index in [0.29, 0.717) is 37.1 Å². The number of unbranched alkanes of at least 4 members (excludes halogenated alkanes) is 8. The van der Waals surface area contributed by atoms with Crippen molar-refractivity contribution in [2.45, 2.75) is 187 Å². The number of aliphatic hydroxyl groups is 1. The summed E-state index contributed by atoms with van der Waals surface area (Å²) in [5.41, 5.74) is 12.1. The number of amides is 4. The normalized spacial score (nSPS) is 22.8. The summed E-state index contributed by atoms with van der Waals surface area (Å²) in [5, 5.41) is 24.3. The van der Waals surface area contributed by atoms with E-state index in [2.05, 4.69) is 47.4 Å². The standard InChI is InChI=1S/C38H74BN7O7/c1-8-9-10-11-12-13-14-17-22-42-24-30(41)35(49)46-33(26(3)47)37(51)43-25(2)34(48)45-31(18-15-16-21-40)36(50)44-28(5)39-52-27(4)32(53-39)23-29-19-20-38(29,6)7/h25-33,42,47H,8-24,40-41H2,1-7H3,(H,43,51)(H,44,50)(H,45,48)(H,46,49). The second kappa shape index (κ2) is 24.3. The number of hydrogen-bond acceptors (Lipinski definition) is 10. The molecule has 53 heavy (non-hydrogen) atoms. The molecule has 9 unspecified atom stereocenters. The zero-order valence-corrected chi connectivity index (χ0v) is 33.8. The molecule has 0 bridgehead atoms. The average molecular weight is 752 g/mol. The highest BCUT2D eigenvalue weighted by atomic mass is 16.7. The van der Waals surface area contributed by atoms with E-state index in [1.165, 1.54) is 65.2 Å². The molecule has 0 aromatic carbocycles. The topological polar surface area (TPSA) is 219 Å². The number of rotatable bonds is 27. The van der Waals surface area contributed by atoms with Crippen LogP contribution in [0.5, 0.6) is 0 Å². The van der Waals surface area contributed by atoms with Crippen molar-refractivity contribution in [1.29, 1.82) is 0 Å². The molecule has 306 valence electrons. The lowest BCUT2D eigenvalue weighted by Crippen LogP contribution is -2.60. The van der Waals surface area contributed by atoms with Crippen molar-refractivity contribution in [2.75, 3.05) is 19.6 Å². The van der Waals surface area contributed by atoms with Crippen LogP contribution in [0.2, 0.25) is 0 Å². The largest absolute Gasteiger partial charge is 0.481 e. The molecule has 1 heterocycles. The molecule has 0 aromatic rings. The zero-order chi connectivity index (χ0) is 39.6. The van der Waals surface area contributed by atoms with Crippen molar-refractivity contribution in [3.63, 3.8) is 0 Å². The molecule has 1 saturated carbocycles. The van der Waals surface area contributed by atoms with Gasteiger partial charge in [-0.2, -0.15) is 0 Å². The van der Waals surface area contributed by atoms with E-state index in [1.807, 2.05) is 13.8 Å². The lowest BCUT2D eigenvalue weighted by Gasteiger charge is -2.46. The average Bonchev–Trinajstić information content (AvgIpc) is 3.48. The van der Waals surface area contributed by atoms with E-state index in [-0.39, 0.29) is 18.8 Å². The summed E-state index contributed by atoms with van der Waals surface area (Å²) in [7, 11) is -0.618. The van der Waals surface area contributed by atoms with Gasteiger partial charge in [0.05, 0.1) is 30.3 Å². The summed E-state index contributed by atoms with van der Waals surface area (Å²) in [5.74, 6) is -2.24. The Hall–Kier alpha value is -2.30. The Labute approximate surface area is 319 Å². The minimum Gasteiger partial charge on any atom is -0.405 e.